The number of sulfonamides is 1. The largest absolute Gasteiger partial charge is 0.344 e. The summed E-state index contributed by atoms with van der Waals surface area (Å²) < 4.78 is 38.5. The number of halogens is 1. The van der Waals surface area contributed by atoms with Crippen LogP contribution in [-0.2, 0) is 26.0 Å². The van der Waals surface area contributed by atoms with Gasteiger partial charge in [-0.25, -0.2) is 12.8 Å². The first kappa shape index (κ1) is 28.2. The van der Waals surface area contributed by atoms with Gasteiger partial charge in [-0.2, -0.15) is 4.31 Å². The molecule has 3 atom stereocenters. The summed E-state index contributed by atoms with van der Waals surface area (Å²) in [6.07, 6.45) is 4.61. The predicted molar refractivity (Wildman–Crippen MR) is 154 cm³/mol. The molecule has 5 rings (SSSR count). The van der Waals surface area contributed by atoms with Gasteiger partial charge in [0.25, 0.3) is 0 Å². The number of nitrogens with one attached hydrogen (secondary N) is 1. The van der Waals surface area contributed by atoms with E-state index in [0.29, 0.717) is 31.3 Å². The van der Waals surface area contributed by atoms with Crippen molar-refractivity contribution in [2.24, 2.45) is 5.92 Å². The molecule has 3 aromatic rings. The third kappa shape index (κ3) is 7.06. The van der Waals surface area contributed by atoms with Gasteiger partial charge in [-0.3, -0.25) is 9.59 Å². The van der Waals surface area contributed by atoms with Gasteiger partial charge in [-0.15, -0.1) is 0 Å². The Kier molecular flexibility index (Phi) is 8.51. The molecule has 1 aliphatic carbocycles. The van der Waals surface area contributed by atoms with Gasteiger partial charge in [0, 0.05) is 26.2 Å². The molecule has 0 bridgehead atoms. The molecular weight excluding hydrogens is 529 g/mol. The molecule has 0 unspecified atom stereocenters. The lowest BCUT2D eigenvalue weighted by atomic mass is 10.0. The number of nitrogens with zero attached hydrogens (tertiary/aromatic N) is 2. The Hall–Kier alpha value is -3.30. The summed E-state index contributed by atoms with van der Waals surface area (Å²) in [4.78, 5) is 28.3. The maximum atomic E-state index is 13.5. The minimum absolute atomic E-state index is 0.161. The first-order valence-electron chi connectivity index (χ1n) is 13.9. The van der Waals surface area contributed by atoms with Crippen molar-refractivity contribution in [2.75, 3.05) is 32.4 Å². The van der Waals surface area contributed by atoms with E-state index >= 15 is 0 Å². The number of hydrogen-bond acceptors (Lipinski definition) is 4. The van der Waals surface area contributed by atoms with E-state index in [0.717, 1.165) is 41.2 Å². The van der Waals surface area contributed by atoms with E-state index in [1.54, 1.807) is 4.90 Å². The third-order valence-electron chi connectivity index (χ3n) is 8.12. The molecule has 9 heteroatoms. The molecule has 1 saturated carbocycles. The van der Waals surface area contributed by atoms with Crippen molar-refractivity contribution in [1.29, 1.82) is 0 Å². The highest BCUT2D eigenvalue weighted by Crippen LogP contribution is 2.50. The standard InChI is InChI=1S/C31H36FN3O4S/c1-40(38,39)35-17-15-34(16-18-35)31(37)29(8-4-7-26-21-28(26)24-11-13-27(32)14-12-24)33-30(36)20-22-9-10-23-5-2-3-6-25(23)19-22/h2-3,5-6,9-14,19,26,28-29H,4,7-8,15-18,20-21H2,1H3,(H,33,36)/t26-,28+,29+/m1/s1. The van der Waals surface area contributed by atoms with Crippen LogP contribution < -0.4 is 5.32 Å². The number of carbonyl (C=O) groups is 2. The van der Waals surface area contributed by atoms with Gasteiger partial charge in [0.05, 0.1) is 12.7 Å². The van der Waals surface area contributed by atoms with Gasteiger partial charge in [-0.05, 0) is 65.1 Å². The predicted octanol–water partition coefficient (Wildman–Crippen LogP) is 4.08. The van der Waals surface area contributed by atoms with Crippen molar-refractivity contribution in [1.82, 2.24) is 14.5 Å². The lowest BCUT2D eigenvalue weighted by Gasteiger charge is -2.35. The van der Waals surface area contributed by atoms with Crippen LogP contribution in [0.5, 0.6) is 0 Å². The van der Waals surface area contributed by atoms with Crippen LogP contribution in [0.1, 0.15) is 42.7 Å². The molecule has 3 aromatic carbocycles. The molecule has 0 aromatic heterocycles. The quantitative estimate of drug-likeness (QED) is 0.401. The Morgan fingerprint density at radius 3 is 2.38 bits per heavy atom. The molecule has 2 fully saturated rings. The van der Waals surface area contributed by atoms with Crippen LogP contribution in [0.15, 0.2) is 66.7 Å². The highest BCUT2D eigenvalue weighted by atomic mass is 32.2. The summed E-state index contributed by atoms with van der Waals surface area (Å²) in [7, 11) is -3.31. The Morgan fingerprint density at radius 1 is 0.975 bits per heavy atom. The summed E-state index contributed by atoms with van der Waals surface area (Å²) in [6.45, 7) is 1.12. The minimum Gasteiger partial charge on any atom is -0.344 e. The molecule has 1 saturated heterocycles. The van der Waals surface area contributed by atoms with Crippen molar-refractivity contribution < 1.29 is 22.4 Å². The van der Waals surface area contributed by atoms with E-state index in [4.69, 9.17) is 0 Å². The number of carbonyl (C=O) groups excluding carboxylic acids is 2. The minimum atomic E-state index is -3.31. The summed E-state index contributed by atoms with van der Waals surface area (Å²) in [5, 5.41) is 5.15. The number of piperazine rings is 1. The van der Waals surface area contributed by atoms with Crippen molar-refractivity contribution in [2.45, 2.75) is 44.1 Å². The number of fused-ring (bicyclic) bond motifs is 1. The van der Waals surface area contributed by atoms with Crippen LogP contribution in [0.4, 0.5) is 4.39 Å². The molecule has 1 N–H and O–H groups in total. The van der Waals surface area contributed by atoms with Crippen LogP contribution in [-0.4, -0.2) is 67.9 Å². The molecule has 212 valence electrons. The Balaban J connectivity index is 1.20. The first-order valence-corrected chi connectivity index (χ1v) is 15.8. The molecule has 40 heavy (non-hydrogen) atoms. The van der Waals surface area contributed by atoms with E-state index in [9.17, 15) is 22.4 Å². The maximum Gasteiger partial charge on any atom is 0.245 e. The van der Waals surface area contributed by atoms with E-state index in [1.807, 2.05) is 54.6 Å². The van der Waals surface area contributed by atoms with Crippen LogP contribution in [0, 0.1) is 11.7 Å². The average molecular weight is 566 g/mol. The number of amides is 2. The van der Waals surface area contributed by atoms with Crippen molar-refractivity contribution in [3.05, 3.63) is 83.7 Å². The molecule has 2 aliphatic rings. The molecule has 0 spiro atoms. The van der Waals surface area contributed by atoms with Crippen LogP contribution in [0.25, 0.3) is 10.8 Å². The smallest absolute Gasteiger partial charge is 0.245 e. The van der Waals surface area contributed by atoms with E-state index in [1.165, 1.54) is 22.7 Å². The average Bonchev–Trinajstić information content (AvgIpc) is 3.71. The normalized spacial score (nSPS) is 20.3. The Bertz CT molecular complexity index is 1470. The van der Waals surface area contributed by atoms with E-state index < -0.39 is 16.1 Å². The highest BCUT2D eigenvalue weighted by Gasteiger charge is 2.38. The third-order valence-corrected chi connectivity index (χ3v) is 9.42. The summed E-state index contributed by atoms with van der Waals surface area (Å²) in [6, 6.07) is 19.9. The van der Waals surface area contributed by atoms with Crippen molar-refractivity contribution in [3.8, 4) is 0 Å². The van der Waals surface area contributed by atoms with Gasteiger partial charge in [0.15, 0.2) is 0 Å². The van der Waals surface area contributed by atoms with Crippen molar-refractivity contribution in [3.63, 3.8) is 0 Å². The SMILES string of the molecule is CS(=O)(=O)N1CCN(C(=O)[C@H](CCC[C@@H]2C[C@H]2c2ccc(F)cc2)NC(=O)Cc2ccc3ccccc3c2)CC1. The fourth-order valence-corrected chi connectivity index (χ4v) is 6.59. The summed E-state index contributed by atoms with van der Waals surface area (Å²) >= 11 is 0. The van der Waals surface area contributed by atoms with Gasteiger partial charge >= 0.3 is 0 Å². The van der Waals surface area contributed by atoms with Crippen LogP contribution in [0.3, 0.4) is 0 Å². The maximum absolute atomic E-state index is 13.5. The fourth-order valence-electron chi connectivity index (χ4n) is 5.77. The second-order valence-corrected chi connectivity index (χ2v) is 13.0. The topological polar surface area (TPSA) is 86.8 Å². The zero-order chi connectivity index (χ0) is 28.3. The zero-order valence-electron chi connectivity index (χ0n) is 22.8. The Morgan fingerprint density at radius 2 is 1.68 bits per heavy atom. The molecule has 1 aliphatic heterocycles. The lowest BCUT2D eigenvalue weighted by molar-refractivity contribution is -0.137. The molecular formula is C31H36FN3O4S. The monoisotopic (exact) mass is 565 g/mol. The fraction of sp³-hybridized carbons (Fsp3) is 0.419. The van der Waals surface area contributed by atoms with E-state index in [-0.39, 0.29) is 37.1 Å². The van der Waals surface area contributed by atoms with Crippen molar-refractivity contribution >= 4 is 32.6 Å². The molecule has 2 amide bonds. The van der Waals surface area contributed by atoms with Gasteiger partial charge in [-0.1, -0.05) is 61.0 Å². The lowest BCUT2D eigenvalue weighted by Crippen LogP contribution is -2.55. The van der Waals surface area contributed by atoms with Gasteiger partial charge in [0.2, 0.25) is 21.8 Å². The molecule has 0 radical (unpaired) electrons. The van der Waals surface area contributed by atoms with Crippen LogP contribution >= 0.6 is 0 Å². The van der Waals surface area contributed by atoms with Crippen LogP contribution in [0.2, 0.25) is 0 Å². The highest BCUT2D eigenvalue weighted by molar-refractivity contribution is 7.88. The molecule has 7 nitrogen and oxygen atoms in total. The first-order chi connectivity index (χ1) is 19.2. The summed E-state index contributed by atoms with van der Waals surface area (Å²) in [5.74, 6) is 0.304. The Labute approximate surface area is 235 Å². The number of benzene rings is 3. The molecule has 1 heterocycles. The second-order valence-electron chi connectivity index (χ2n) is 11.1. The number of rotatable bonds is 10. The van der Waals surface area contributed by atoms with Gasteiger partial charge in [0.1, 0.15) is 11.9 Å². The van der Waals surface area contributed by atoms with E-state index in [2.05, 4.69) is 5.32 Å². The summed E-state index contributed by atoms with van der Waals surface area (Å²) in [5.41, 5.74) is 2.02. The zero-order valence-corrected chi connectivity index (χ0v) is 23.6. The second kappa shape index (κ2) is 12.1. The van der Waals surface area contributed by atoms with Gasteiger partial charge < -0.3 is 10.2 Å². The number of hydrogen-bond donors (Lipinski definition) is 1.